The maximum absolute atomic E-state index is 12.2. The van der Waals surface area contributed by atoms with Crippen LogP contribution >= 0.6 is 0 Å². The number of hydrogen-bond donors (Lipinski definition) is 1. The van der Waals surface area contributed by atoms with Gasteiger partial charge in [-0.1, -0.05) is 6.42 Å². The highest BCUT2D eigenvalue weighted by Gasteiger charge is 2.27. The van der Waals surface area contributed by atoms with Crippen LogP contribution in [-0.2, 0) is 4.79 Å². The summed E-state index contributed by atoms with van der Waals surface area (Å²) in [5.41, 5.74) is 0. The molecule has 2 heterocycles. The molecule has 19 heavy (non-hydrogen) atoms. The largest absolute Gasteiger partial charge is 0.392 e. The van der Waals surface area contributed by atoms with Gasteiger partial charge in [-0.05, 0) is 45.6 Å². The van der Waals surface area contributed by atoms with Crippen LogP contribution in [0.4, 0.5) is 0 Å². The topological polar surface area (TPSA) is 43.8 Å². The Hall–Kier alpha value is -0.610. The van der Waals surface area contributed by atoms with E-state index < -0.39 is 0 Å². The minimum absolute atomic E-state index is 0.253. The fourth-order valence-corrected chi connectivity index (χ4v) is 3.38. The molecule has 110 valence electrons. The van der Waals surface area contributed by atoms with Gasteiger partial charge in [0.05, 0.1) is 6.10 Å². The molecule has 4 heteroatoms. The first-order chi connectivity index (χ1) is 9.18. The van der Waals surface area contributed by atoms with Crippen molar-refractivity contribution in [2.45, 2.75) is 64.0 Å². The minimum atomic E-state index is -0.287. The van der Waals surface area contributed by atoms with Crippen molar-refractivity contribution in [2.24, 2.45) is 0 Å². The number of nitrogens with zero attached hydrogens (tertiary/aromatic N) is 2. The summed E-state index contributed by atoms with van der Waals surface area (Å²) in [6.07, 6.45) is 7.37. The Labute approximate surface area is 116 Å². The summed E-state index contributed by atoms with van der Waals surface area (Å²) in [5, 5.41) is 9.82. The van der Waals surface area contributed by atoms with Crippen LogP contribution in [0.2, 0.25) is 0 Å². The van der Waals surface area contributed by atoms with E-state index in [0.717, 1.165) is 45.4 Å². The molecule has 0 saturated carbocycles. The van der Waals surface area contributed by atoms with Gasteiger partial charge in [-0.3, -0.25) is 9.69 Å². The van der Waals surface area contributed by atoms with E-state index in [1.807, 2.05) is 11.8 Å². The maximum atomic E-state index is 12.2. The number of amides is 1. The van der Waals surface area contributed by atoms with E-state index in [4.69, 9.17) is 0 Å². The van der Waals surface area contributed by atoms with Gasteiger partial charge in [0.2, 0.25) is 5.91 Å². The number of aliphatic hydroxyl groups excluding tert-OH is 1. The Balaban J connectivity index is 1.77. The lowest BCUT2D eigenvalue weighted by Crippen LogP contribution is -2.47. The molecule has 2 aliphatic rings. The Morgan fingerprint density at radius 1 is 1.16 bits per heavy atom. The Morgan fingerprint density at radius 2 is 1.84 bits per heavy atom. The van der Waals surface area contributed by atoms with Crippen LogP contribution < -0.4 is 0 Å². The van der Waals surface area contributed by atoms with Crippen molar-refractivity contribution < 1.29 is 9.90 Å². The lowest BCUT2D eigenvalue weighted by atomic mass is 9.98. The number of carbonyl (C=O) groups excluding carboxylic acids is 1. The van der Waals surface area contributed by atoms with Gasteiger partial charge >= 0.3 is 0 Å². The van der Waals surface area contributed by atoms with Gasteiger partial charge in [0.15, 0.2) is 0 Å². The third kappa shape index (κ3) is 4.18. The summed E-state index contributed by atoms with van der Waals surface area (Å²) in [7, 11) is 0. The molecular weight excluding hydrogens is 240 g/mol. The van der Waals surface area contributed by atoms with E-state index in [2.05, 4.69) is 4.90 Å². The molecule has 0 aliphatic carbocycles. The Morgan fingerprint density at radius 3 is 2.53 bits per heavy atom. The third-order valence-electron chi connectivity index (χ3n) is 4.54. The van der Waals surface area contributed by atoms with Gasteiger partial charge < -0.3 is 10.0 Å². The normalized spacial score (nSPS) is 27.3. The number of aliphatic hydroxyl groups is 1. The smallest absolute Gasteiger partial charge is 0.223 e. The van der Waals surface area contributed by atoms with Gasteiger partial charge in [0.25, 0.3) is 0 Å². The van der Waals surface area contributed by atoms with Crippen LogP contribution in [0.5, 0.6) is 0 Å². The molecule has 2 aliphatic heterocycles. The number of hydrogen-bond acceptors (Lipinski definition) is 3. The molecule has 4 nitrogen and oxygen atoms in total. The van der Waals surface area contributed by atoms with E-state index in [1.165, 1.54) is 19.3 Å². The SMILES string of the molecule is CC(O)C1CCCCN1CCC(=O)N1CCCCC1. The fourth-order valence-electron chi connectivity index (χ4n) is 3.38. The minimum Gasteiger partial charge on any atom is -0.392 e. The molecule has 1 N–H and O–H groups in total. The van der Waals surface area contributed by atoms with Gasteiger partial charge in [0.1, 0.15) is 0 Å². The molecule has 0 radical (unpaired) electrons. The predicted molar refractivity (Wildman–Crippen MR) is 75.9 cm³/mol. The van der Waals surface area contributed by atoms with Gasteiger partial charge in [-0.25, -0.2) is 0 Å². The molecule has 1 amide bonds. The van der Waals surface area contributed by atoms with Crippen LogP contribution in [0.25, 0.3) is 0 Å². The highest BCUT2D eigenvalue weighted by atomic mass is 16.3. The first-order valence-corrected chi connectivity index (χ1v) is 7.88. The summed E-state index contributed by atoms with van der Waals surface area (Å²) in [6, 6.07) is 0.253. The average molecular weight is 268 g/mol. The van der Waals surface area contributed by atoms with E-state index in [-0.39, 0.29) is 12.1 Å². The highest BCUT2D eigenvalue weighted by Crippen LogP contribution is 2.20. The molecule has 0 aromatic heterocycles. The molecule has 0 spiro atoms. The van der Waals surface area contributed by atoms with E-state index in [0.29, 0.717) is 12.3 Å². The van der Waals surface area contributed by atoms with Crippen molar-refractivity contribution in [1.29, 1.82) is 0 Å². The molecule has 0 bridgehead atoms. The maximum Gasteiger partial charge on any atom is 0.223 e. The first-order valence-electron chi connectivity index (χ1n) is 7.88. The monoisotopic (exact) mass is 268 g/mol. The number of carbonyl (C=O) groups is 1. The lowest BCUT2D eigenvalue weighted by Gasteiger charge is -2.37. The second kappa shape index (κ2) is 7.25. The third-order valence-corrected chi connectivity index (χ3v) is 4.54. The Kier molecular flexibility index (Phi) is 5.64. The van der Waals surface area contributed by atoms with Crippen LogP contribution in [-0.4, -0.2) is 59.1 Å². The van der Waals surface area contributed by atoms with Crippen LogP contribution in [0.1, 0.15) is 51.9 Å². The van der Waals surface area contributed by atoms with Gasteiger partial charge in [0, 0.05) is 32.1 Å². The van der Waals surface area contributed by atoms with Crippen LogP contribution in [0, 0.1) is 0 Å². The zero-order valence-electron chi connectivity index (χ0n) is 12.2. The summed E-state index contributed by atoms with van der Waals surface area (Å²) in [5.74, 6) is 0.301. The van der Waals surface area contributed by atoms with Gasteiger partial charge in [-0.15, -0.1) is 0 Å². The van der Waals surface area contributed by atoms with Crippen molar-refractivity contribution in [3.8, 4) is 0 Å². The molecular formula is C15H28N2O2. The van der Waals surface area contributed by atoms with Crippen molar-refractivity contribution in [1.82, 2.24) is 9.80 Å². The first kappa shape index (κ1) is 14.8. The number of rotatable bonds is 4. The molecule has 2 unspecified atom stereocenters. The van der Waals surface area contributed by atoms with Crippen molar-refractivity contribution in [3.05, 3.63) is 0 Å². The summed E-state index contributed by atoms with van der Waals surface area (Å²) < 4.78 is 0. The predicted octanol–water partition coefficient (Wildman–Crippen LogP) is 1.62. The highest BCUT2D eigenvalue weighted by molar-refractivity contribution is 5.76. The summed E-state index contributed by atoms with van der Waals surface area (Å²) >= 11 is 0. The number of likely N-dealkylation sites (tertiary alicyclic amines) is 2. The standard InChI is InChI=1S/C15H28N2O2/c1-13(18)14-7-3-6-9-16(14)12-8-15(19)17-10-4-2-5-11-17/h13-14,18H,2-12H2,1H3. The van der Waals surface area contributed by atoms with Gasteiger partial charge in [-0.2, -0.15) is 0 Å². The van der Waals surface area contributed by atoms with E-state index in [1.54, 1.807) is 0 Å². The fraction of sp³-hybridized carbons (Fsp3) is 0.933. The van der Waals surface area contributed by atoms with Crippen molar-refractivity contribution in [2.75, 3.05) is 26.2 Å². The molecule has 2 atom stereocenters. The molecule has 2 saturated heterocycles. The lowest BCUT2D eigenvalue weighted by molar-refractivity contribution is -0.132. The van der Waals surface area contributed by atoms with Crippen molar-refractivity contribution in [3.63, 3.8) is 0 Å². The molecule has 2 rings (SSSR count). The van der Waals surface area contributed by atoms with Crippen LogP contribution in [0.3, 0.4) is 0 Å². The molecule has 0 aromatic carbocycles. The second-order valence-electron chi connectivity index (χ2n) is 6.03. The van der Waals surface area contributed by atoms with Crippen LogP contribution in [0.15, 0.2) is 0 Å². The molecule has 0 aromatic rings. The zero-order chi connectivity index (χ0) is 13.7. The quantitative estimate of drug-likeness (QED) is 0.842. The molecule has 2 fully saturated rings. The van der Waals surface area contributed by atoms with E-state index in [9.17, 15) is 9.90 Å². The second-order valence-corrected chi connectivity index (χ2v) is 6.03. The summed E-state index contributed by atoms with van der Waals surface area (Å²) in [6.45, 7) is 5.60. The average Bonchev–Trinajstić information content (AvgIpc) is 2.46. The number of piperidine rings is 2. The zero-order valence-corrected chi connectivity index (χ0v) is 12.2. The van der Waals surface area contributed by atoms with E-state index >= 15 is 0 Å². The summed E-state index contributed by atoms with van der Waals surface area (Å²) in [4.78, 5) is 16.5. The Bertz CT molecular complexity index is 288. The van der Waals surface area contributed by atoms with Crippen molar-refractivity contribution >= 4 is 5.91 Å².